The Morgan fingerprint density at radius 2 is 1.58 bits per heavy atom. The van der Waals surface area contributed by atoms with Gasteiger partial charge in [0.15, 0.2) is 0 Å². The first-order valence-electron chi connectivity index (χ1n) is 12.6. The highest BCUT2D eigenvalue weighted by atomic mass is 16.4. The van der Waals surface area contributed by atoms with Crippen LogP contribution in [0.5, 0.6) is 0 Å². The number of hydrazine groups is 1. The SMILES string of the molecule is NN(Cc1ccccc1)C(=O)Cn1c(-c2ccccc2)c(C2CCCCC2)c2ccc(C(=O)O)cc21. The molecule has 0 atom stereocenters. The standard InChI is InChI=1S/C30H31N3O3/c31-33(19-21-10-4-1-5-11-21)27(34)20-32-26-18-24(30(35)36)16-17-25(26)28(22-12-6-2-7-13-22)29(32)23-14-8-3-9-15-23/h1,3-5,8-11,14-18,22H,2,6-7,12-13,19-20,31H2,(H,35,36). The number of rotatable bonds is 7. The van der Waals surface area contributed by atoms with E-state index in [-0.39, 0.29) is 18.0 Å². The lowest BCUT2D eigenvalue weighted by molar-refractivity contribution is -0.132. The summed E-state index contributed by atoms with van der Waals surface area (Å²) in [6.07, 6.45) is 5.75. The molecule has 1 saturated carbocycles. The maximum atomic E-state index is 13.4. The van der Waals surface area contributed by atoms with Gasteiger partial charge < -0.3 is 9.67 Å². The molecular weight excluding hydrogens is 450 g/mol. The largest absolute Gasteiger partial charge is 0.478 e. The van der Waals surface area contributed by atoms with E-state index in [0.29, 0.717) is 12.5 Å². The summed E-state index contributed by atoms with van der Waals surface area (Å²) in [5, 5.41) is 12.0. The van der Waals surface area contributed by atoms with E-state index in [1.165, 1.54) is 29.8 Å². The van der Waals surface area contributed by atoms with Crippen LogP contribution in [0, 0.1) is 0 Å². The van der Waals surface area contributed by atoms with Crippen LogP contribution < -0.4 is 5.84 Å². The monoisotopic (exact) mass is 481 g/mol. The lowest BCUT2D eigenvalue weighted by Crippen LogP contribution is -2.39. The Kier molecular flexibility index (Phi) is 6.87. The van der Waals surface area contributed by atoms with Crippen LogP contribution in [0.25, 0.3) is 22.2 Å². The molecule has 1 aliphatic carbocycles. The summed E-state index contributed by atoms with van der Waals surface area (Å²) in [6.45, 7) is 0.329. The Morgan fingerprint density at radius 1 is 0.917 bits per heavy atom. The molecule has 0 saturated heterocycles. The van der Waals surface area contributed by atoms with Crippen molar-refractivity contribution in [2.45, 2.75) is 51.1 Å². The van der Waals surface area contributed by atoms with Gasteiger partial charge in [-0.3, -0.25) is 9.80 Å². The van der Waals surface area contributed by atoms with Gasteiger partial charge >= 0.3 is 5.97 Å². The minimum Gasteiger partial charge on any atom is -0.478 e. The number of nitrogens with two attached hydrogens (primary N) is 1. The van der Waals surface area contributed by atoms with Crippen LogP contribution in [0.1, 0.15) is 59.5 Å². The molecule has 6 nitrogen and oxygen atoms in total. The van der Waals surface area contributed by atoms with Crippen molar-refractivity contribution in [3.05, 3.63) is 95.6 Å². The molecule has 1 heterocycles. The van der Waals surface area contributed by atoms with Crippen molar-refractivity contribution in [3.8, 4) is 11.3 Å². The lowest BCUT2D eigenvalue weighted by Gasteiger charge is -2.24. The number of carboxylic acids is 1. The summed E-state index contributed by atoms with van der Waals surface area (Å²) < 4.78 is 1.98. The van der Waals surface area contributed by atoms with E-state index in [9.17, 15) is 14.7 Å². The molecule has 3 aromatic carbocycles. The molecule has 1 aromatic heterocycles. The van der Waals surface area contributed by atoms with Crippen LogP contribution >= 0.6 is 0 Å². The second kappa shape index (κ2) is 10.4. The lowest BCUT2D eigenvalue weighted by atomic mass is 9.82. The average Bonchev–Trinajstić information content (AvgIpc) is 3.23. The van der Waals surface area contributed by atoms with Crippen molar-refractivity contribution >= 4 is 22.8 Å². The molecule has 1 amide bonds. The molecule has 3 N–H and O–H groups in total. The first-order chi connectivity index (χ1) is 17.5. The predicted octanol–water partition coefficient (Wildman–Crippen LogP) is 5.96. The summed E-state index contributed by atoms with van der Waals surface area (Å²) >= 11 is 0. The second-order valence-corrected chi connectivity index (χ2v) is 9.59. The fourth-order valence-corrected chi connectivity index (χ4v) is 5.48. The van der Waals surface area contributed by atoms with Gasteiger partial charge in [0.2, 0.25) is 0 Å². The maximum absolute atomic E-state index is 13.4. The van der Waals surface area contributed by atoms with Gasteiger partial charge in [0.25, 0.3) is 5.91 Å². The van der Waals surface area contributed by atoms with Crippen molar-refractivity contribution < 1.29 is 14.7 Å². The fraction of sp³-hybridized carbons (Fsp3) is 0.267. The quantitative estimate of drug-likeness (QED) is 0.194. The third-order valence-electron chi connectivity index (χ3n) is 7.22. The minimum atomic E-state index is -0.985. The van der Waals surface area contributed by atoms with E-state index < -0.39 is 5.97 Å². The number of carbonyl (C=O) groups is 2. The first-order valence-corrected chi connectivity index (χ1v) is 12.6. The number of nitrogens with zero attached hydrogens (tertiary/aromatic N) is 2. The van der Waals surface area contributed by atoms with Gasteiger partial charge in [-0.05, 0) is 47.6 Å². The Bertz CT molecular complexity index is 1370. The highest BCUT2D eigenvalue weighted by Crippen LogP contribution is 2.44. The van der Waals surface area contributed by atoms with E-state index in [0.717, 1.165) is 40.6 Å². The highest BCUT2D eigenvalue weighted by Gasteiger charge is 2.28. The second-order valence-electron chi connectivity index (χ2n) is 9.59. The molecular formula is C30H31N3O3. The number of amides is 1. The van der Waals surface area contributed by atoms with Gasteiger partial charge in [0.1, 0.15) is 6.54 Å². The molecule has 0 bridgehead atoms. The molecule has 1 fully saturated rings. The van der Waals surface area contributed by atoms with Crippen molar-refractivity contribution in [1.82, 2.24) is 9.58 Å². The maximum Gasteiger partial charge on any atom is 0.335 e. The van der Waals surface area contributed by atoms with Crippen molar-refractivity contribution in [2.24, 2.45) is 5.84 Å². The van der Waals surface area contributed by atoms with Gasteiger partial charge in [-0.25, -0.2) is 10.6 Å². The smallest absolute Gasteiger partial charge is 0.335 e. The van der Waals surface area contributed by atoms with Crippen LogP contribution in [0.15, 0.2) is 78.9 Å². The van der Waals surface area contributed by atoms with E-state index in [1.54, 1.807) is 12.1 Å². The van der Waals surface area contributed by atoms with Crippen LogP contribution in [-0.2, 0) is 17.9 Å². The van der Waals surface area contributed by atoms with Crippen LogP contribution in [0.4, 0.5) is 0 Å². The molecule has 5 rings (SSSR count). The topological polar surface area (TPSA) is 88.6 Å². The molecule has 184 valence electrons. The van der Waals surface area contributed by atoms with Crippen LogP contribution in [-0.4, -0.2) is 26.6 Å². The number of aromatic carboxylic acids is 1. The Morgan fingerprint density at radius 3 is 2.25 bits per heavy atom. The molecule has 36 heavy (non-hydrogen) atoms. The third kappa shape index (κ3) is 4.77. The third-order valence-corrected chi connectivity index (χ3v) is 7.22. The van der Waals surface area contributed by atoms with Gasteiger partial charge in [0, 0.05) is 5.39 Å². The number of benzene rings is 3. The molecule has 1 aliphatic rings. The molecule has 6 heteroatoms. The molecule has 0 spiro atoms. The van der Waals surface area contributed by atoms with Crippen molar-refractivity contribution in [2.75, 3.05) is 0 Å². The van der Waals surface area contributed by atoms with Gasteiger partial charge in [-0.15, -0.1) is 0 Å². The number of carbonyl (C=O) groups excluding carboxylic acids is 1. The summed E-state index contributed by atoms with van der Waals surface area (Å²) in [5.74, 6) is 5.38. The number of hydrogen-bond acceptors (Lipinski definition) is 3. The van der Waals surface area contributed by atoms with Gasteiger partial charge in [0.05, 0.1) is 23.3 Å². The Balaban J connectivity index is 1.65. The van der Waals surface area contributed by atoms with Gasteiger partial charge in [-0.1, -0.05) is 86.0 Å². The summed E-state index contributed by atoms with van der Waals surface area (Å²) in [6, 6.07) is 25.0. The summed E-state index contributed by atoms with van der Waals surface area (Å²) in [7, 11) is 0. The van der Waals surface area contributed by atoms with Crippen LogP contribution in [0.3, 0.4) is 0 Å². The molecule has 0 unspecified atom stereocenters. The molecule has 0 radical (unpaired) electrons. The zero-order valence-corrected chi connectivity index (χ0v) is 20.3. The molecule has 4 aromatic rings. The van der Waals surface area contributed by atoms with Gasteiger partial charge in [-0.2, -0.15) is 0 Å². The van der Waals surface area contributed by atoms with Crippen molar-refractivity contribution in [3.63, 3.8) is 0 Å². The number of carboxylic acid groups (broad SMARTS) is 1. The fourth-order valence-electron chi connectivity index (χ4n) is 5.48. The Hall–Kier alpha value is -3.90. The van der Waals surface area contributed by atoms with E-state index in [4.69, 9.17) is 5.84 Å². The highest BCUT2D eigenvalue weighted by molar-refractivity contribution is 5.99. The number of aromatic nitrogens is 1. The van der Waals surface area contributed by atoms with E-state index in [1.807, 2.05) is 59.2 Å². The summed E-state index contributed by atoms with van der Waals surface area (Å²) in [4.78, 5) is 25.3. The zero-order chi connectivity index (χ0) is 25.1. The first kappa shape index (κ1) is 23.8. The Labute approximate surface area is 210 Å². The van der Waals surface area contributed by atoms with E-state index >= 15 is 0 Å². The summed E-state index contributed by atoms with van der Waals surface area (Å²) in [5.41, 5.74) is 5.14. The van der Waals surface area contributed by atoms with Crippen molar-refractivity contribution in [1.29, 1.82) is 0 Å². The number of hydrogen-bond donors (Lipinski definition) is 2. The average molecular weight is 482 g/mol. The normalized spacial score (nSPS) is 14.1. The predicted molar refractivity (Wildman–Crippen MR) is 141 cm³/mol. The molecule has 0 aliphatic heterocycles. The van der Waals surface area contributed by atoms with Crippen LogP contribution in [0.2, 0.25) is 0 Å². The van der Waals surface area contributed by atoms with E-state index in [2.05, 4.69) is 12.1 Å². The number of fused-ring (bicyclic) bond motifs is 1. The minimum absolute atomic E-state index is 0.0276. The zero-order valence-electron chi connectivity index (χ0n) is 20.3.